The van der Waals surface area contributed by atoms with Gasteiger partial charge in [-0.3, -0.25) is 0 Å². The van der Waals surface area contributed by atoms with E-state index in [0.717, 1.165) is 6.54 Å². The summed E-state index contributed by atoms with van der Waals surface area (Å²) < 4.78 is 1.97. The minimum atomic E-state index is -0.145. The third-order valence-electron chi connectivity index (χ3n) is 2.14. The topological polar surface area (TPSA) is 88.5 Å². The molecule has 0 aliphatic carbocycles. The molecule has 15 heavy (non-hydrogen) atoms. The van der Waals surface area contributed by atoms with Crippen molar-refractivity contribution in [3.8, 4) is 0 Å². The Hall–Kier alpha value is -1.56. The molecular formula is C9H17N5O. The van der Waals surface area contributed by atoms with Gasteiger partial charge in [0, 0.05) is 25.0 Å². The van der Waals surface area contributed by atoms with Gasteiger partial charge in [0.05, 0.1) is 12.4 Å². The van der Waals surface area contributed by atoms with E-state index in [4.69, 9.17) is 10.9 Å². The van der Waals surface area contributed by atoms with Gasteiger partial charge in [-0.25, -0.2) is 4.98 Å². The molecule has 0 fully saturated rings. The van der Waals surface area contributed by atoms with Gasteiger partial charge in [0.1, 0.15) is 0 Å². The Balaban J connectivity index is 2.39. The zero-order valence-corrected chi connectivity index (χ0v) is 8.96. The van der Waals surface area contributed by atoms with Crippen molar-refractivity contribution in [1.29, 1.82) is 0 Å². The molecule has 0 aliphatic rings. The van der Waals surface area contributed by atoms with Crippen molar-refractivity contribution in [2.24, 2.45) is 10.9 Å². The number of amidine groups is 1. The molecule has 2 unspecified atom stereocenters. The van der Waals surface area contributed by atoms with Crippen LogP contribution in [-0.4, -0.2) is 32.7 Å². The smallest absolute Gasteiger partial charge is 0.156 e. The minimum absolute atomic E-state index is 0.145. The summed E-state index contributed by atoms with van der Waals surface area (Å²) in [5.41, 5.74) is 5.46. The summed E-state index contributed by atoms with van der Waals surface area (Å²) in [6.07, 6.45) is 5.39. The van der Waals surface area contributed by atoms with Gasteiger partial charge in [-0.05, 0) is 13.8 Å². The second-order valence-corrected chi connectivity index (χ2v) is 3.57. The van der Waals surface area contributed by atoms with Crippen LogP contribution in [0.15, 0.2) is 23.9 Å². The van der Waals surface area contributed by atoms with Crippen LogP contribution in [0, 0.1) is 0 Å². The quantitative estimate of drug-likeness (QED) is 0.277. The molecule has 1 heterocycles. The minimum Gasteiger partial charge on any atom is -0.409 e. The molecule has 0 aliphatic heterocycles. The third kappa shape index (κ3) is 3.59. The van der Waals surface area contributed by atoms with Crippen LogP contribution >= 0.6 is 0 Å². The number of nitrogens with one attached hydrogen (secondary N) is 1. The van der Waals surface area contributed by atoms with Gasteiger partial charge < -0.3 is 20.8 Å². The van der Waals surface area contributed by atoms with Crippen LogP contribution in [0.1, 0.15) is 13.8 Å². The monoisotopic (exact) mass is 211 g/mol. The van der Waals surface area contributed by atoms with E-state index in [1.807, 2.05) is 24.6 Å². The highest BCUT2D eigenvalue weighted by atomic mass is 16.4. The van der Waals surface area contributed by atoms with Gasteiger partial charge in [-0.15, -0.1) is 0 Å². The van der Waals surface area contributed by atoms with E-state index >= 15 is 0 Å². The van der Waals surface area contributed by atoms with Crippen LogP contribution in [0.2, 0.25) is 0 Å². The van der Waals surface area contributed by atoms with E-state index in [9.17, 15) is 0 Å². The van der Waals surface area contributed by atoms with E-state index in [1.54, 1.807) is 12.5 Å². The standard InChI is InChI=1S/C9H17N5O/c1-7(5-14-4-3-11-6-14)12-8(2)9(10)13-15/h3-4,6-8,12,15H,5H2,1-2H3,(H2,10,13). The van der Waals surface area contributed by atoms with Crippen molar-refractivity contribution in [2.75, 3.05) is 0 Å². The summed E-state index contributed by atoms with van der Waals surface area (Å²) in [5.74, 6) is 0.187. The van der Waals surface area contributed by atoms with Crippen LogP contribution in [0.4, 0.5) is 0 Å². The molecule has 0 aromatic carbocycles. The number of hydrogen-bond acceptors (Lipinski definition) is 4. The van der Waals surface area contributed by atoms with Crippen LogP contribution < -0.4 is 11.1 Å². The molecule has 1 aromatic rings. The number of aromatic nitrogens is 2. The Labute approximate surface area is 88.8 Å². The van der Waals surface area contributed by atoms with Gasteiger partial charge in [-0.1, -0.05) is 5.16 Å². The molecule has 0 saturated heterocycles. The highest BCUT2D eigenvalue weighted by Crippen LogP contribution is 1.94. The largest absolute Gasteiger partial charge is 0.409 e. The number of rotatable bonds is 5. The van der Waals surface area contributed by atoms with Crippen LogP contribution in [0.25, 0.3) is 0 Å². The first kappa shape index (κ1) is 11.5. The number of oxime groups is 1. The van der Waals surface area contributed by atoms with Crippen LogP contribution in [0.5, 0.6) is 0 Å². The van der Waals surface area contributed by atoms with Crippen molar-refractivity contribution >= 4 is 5.84 Å². The summed E-state index contributed by atoms with van der Waals surface area (Å²) in [5, 5.41) is 14.6. The molecule has 0 spiro atoms. The number of nitrogens with two attached hydrogens (primary N) is 1. The van der Waals surface area contributed by atoms with Gasteiger partial charge in [0.25, 0.3) is 0 Å². The van der Waals surface area contributed by atoms with Crippen molar-refractivity contribution in [3.05, 3.63) is 18.7 Å². The molecule has 84 valence electrons. The van der Waals surface area contributed by atoms with Gasteiger partial charge in [0.15, 0.2) is 5.84 Å². The first-order chi connectivity index (χ1) is 7.13. The highest BCUT2D eigenvalue weighted by Gasteiger charge is 2.11. The Morgan fingerprint density at radius 1 is 1.67 bits per heavy atom. The normalized spacial score (nSPS) is 16.3. The van der Waals surface area contributed by atoms with Gasteiger partial charge >= 0.3 is 0 Å². The second kappa shape index (κ2) is 5.35. The van der Waals surface area contributed by atoms with E-state index < -0.39 is 0 Å². The molecular weight excluding hydrogens is 194 g/mol. The molecule has 0 saturated carbocycles. The fourth-order valence-corrected chi connectivity index (χ4v) is 1.36. The average Bonchev–Trinajstić information content (AvgIpc) is 2.68. The van der Waals surface area contributed by atoms with E-state index in [-0.39, 0.29) is 17.9 Å². The first-order valence-electron chi connectivity index (χ1n) is 4.82. The fourth-order valence-electron chi connectivity index (χ4n) is 1.36. The molecule has 0 amide bonds. The lowest BCUT2D eigenvalue weighted by Crippen LogP contribution is -2.44. The Kier molecular flexibility index (Phi) is 4.11. The van der Waals surface area contributed by atoms with Gasteiger partial charge in [-0.2, -0.15) is 0 Å². The molecule has 6 heteroatoms. The molecule has 4 N–H and O–H groups in total. The second-order valence-electron chi connectivity index (χ2n) is 3.57. The zero-order chi connectivity index (χ0) is 11.3. The molecule has 6 nitrogen and oxygen atoms in total. The molecule has 1 aromatic heterocycles. The third-order valence-corrected chi connectivity index (χ3v) is 2.14. The highest BCUT2D eigenvalue weighted by molar-refractivity contribution is 5.84. The number of nitrogens with zero attached hydrogens (tertiary/aromatic N) is 3. The Morgan fingerprint density at radius 3 is 2.93 bits per heavy atom. The Bertz CT molecular complexity index is 308. The van der Waals surface area contributed by atoms with Crippen molar-refractivity contribution in [3.63, 3.8) is 0 Å². The predicted octanol–water partition coefficient (Wildman–Crippen LogP) is -0.00390. The summed E-state index contributed by atoms with van der Waals surface area (Å²) in [7, 11) is 0. The maximum absolute atomic E-state index is 8.48. The average molecular weight is 211 g/mol. The lowest BCUT2D eigenvalue weighted by Gasteiger charge is -2.19. The predicted molar refractivity (Wildman–Crippen MR) is 57.7 cm³/mol. The van der Waals surface area contributed by atoms with Gasteiger partial charge in [0.2, 0.25) is 0 Å². The summed E-state index contributed by atoms with van der Waals surface area (Å²) in [6, 6.07) is 0.0722. The maximum atomic E-state index is 8.48. The number of imidazole rings is 1. The molecule has 1 rings (SSSR count). The Morgan fingerprint density at radius 2 is 2.40 bits per heavy atom. The SMILES string of the molecule is CC(Cn1ccnc1)NC(C)C(N)=NO. The molecule has 0 radical (unpaired) electrons. The molecule has 0 bridgehead atoms. The summed E-state index contributed by atoms with van der Waals surface area (Å²) in [6.45, 7) is 4.67. The summed E-state index contributed by atoms with van der Waals surface area (Å²) in [4.78, 5) is 3.95. The lowest BCUT2D eigenvalue weighted by molar-refractivity contribution is 0.314. The maximum Gasteiger partial charge on any atom is 0.156 e. The van der Waals surface area contributed by atoms with Crippen LogP contribution in [0.3, 0.4) is 0 Å². The lowest BCUT2D eigenvalue weighted by atomic mass is 10.2. The van der Waals surface area contributed by atoms with Crippen LogP contribution in [-0.2, 0) is 6.54 Å². The zero-order valence-electron chi connectivity index (χ0n) is 8.96. The molecule has 2 atom stereocenters. The van der Waals surface area contributed by atoms with E-state index in [1.165, 1.54) is 0 Å². The van der Waals surface area contributed by atoms with E-state index in [0.29, 0.717) is 0 Å². The van der Waals surface area contributed by atoms with Crippen molar-refractivity contribution in [2.45, 2.75) is 32.5 Å². The summed E-state index contributed by atoms with van der Waals surface area (Å²) >= 11 is 0. The van der Waals surface area contributed by atoms with E-state index in [2.05, 4.69) is 15.5 Å². The van der Waals surface area contributed by atoms with Crippen molar-refractivity contribution < 1.29 is 5.21 Å². The number of hydrogen-bond donors (Lipinski definition) is 3. The van der Waals surface area contributed by atoms with Crippen molar-refractivity contribution in [1.82, 2.24) is 14.9 Å². The first-order valence-corrected chi connectivity index (χ1v) is 4.82. The fraction of sp³-hybridized carbons (Fsp3) is 0.556.